The van der Waals surface area contributed by atoms with Crippen molar-refractivity contribution in [3.63, 3.8) is 0 Å². The van der Waals surface area contributed by atoms with Crippen LogP contribution in [0.3, 0.4) is 0 Å². The standard InChI is InChI=1S/C9H13FN4O3/c10-6-7(15)4(3-11)17-8(6)14-2-1-5(12)13-9(14)16/h1-2,4,6-8,15H,3,11H2,(H2,12,13,16)/t4-,6-,7+,8-/m1/s1. The van der Waals surface area contributed by atoms with Gasteiger partial charge >= 0.3 is 5.69 Å². The van der Waals surface area contributed by atoms with Gasteiger partial charge in [0.1, 0.15) is 18.0 Å². The molecule has 0 amide bonds. The van der Waals surface area contributed by atoms with Crippen molar-refractivity contribution in [3.05, 3.63) is 22.7 Å². The summed E-state index contributed by atoms with van der Waals surface area (Å²) < 4.78 is 19.9. The molecule has 0 radical (unpaired) electrons. The molecule has 17 heavy (non-hydrogen) atoms. The lowest BCUT2D eigenvalue weighted by Crippen LogP contribution is -2.34. The second-order valence-corrected chi connectivity index (χ2v) is 3.78. The normalized spacial score (nSPS) is 32.9. The number of hydrogen-bond donors (Lipinski definition) is 3. The maximum absolute atomic E-state index is 13.7. The molecule has 0 saturated carbocycles. The van der Waals surface area contributed by atoms with Crippen molar-refractivity contribution >= 4 is 5.82 Å². The van der Waals surface area contributed by atoms with Gasteiger partial charge in [0.25, 0.3) is 0 Å². The molecule has 0 aromatic carbocycles. The van der Waals surface area contributed by atoms with Gasteiger partial charge in [0.15, 0.2) is 12.4 Å². The second kappa shape index (κ2) is 4.40. The Balaban J connectivity index is 2.32. The SMILES string of the molecule is NC[C@H]1O[C@@H](n2ccc(N)nc2=O)[C@H](F)[C@H]1O. The molecule has 5 N–H and O–H groups in total. The highest BCUT2D eigenvalue weighted by atomic mass is 19.1. The first kappa shape index (κ1) is 12.0. The van der Waals surface area contributed by atoms with Gasteiger partial charge in [0, 0.05) is 12.7 Å². The minimum atomic E-state index is -1.73. The number of halogens is 1. The number of aliphatic hydroxyl groups excluding tert-OH is 1. The van der Waals surface area contributed by atoms with E-state index >= 15 is 0 Å². The van der Waals surface area contributed by atoms with Crippen molar-refractivity contribution in [2.45, 2.75) is 24.6 Å². The van der Waals surface area contributed by atoms with Gasteiger partial charge in [-0.05, 0) is 6.07 Å². The summed E-state index contributed by atoms with van der Waals surface area (Å²) in [5, 5.41) is 9.49. The Bertz CT molecular complexity index is 466. The van der Waals surface area contributed by atoms with Crippen LogP contribution in [0, 0.1) is 0 Å². The molecule has 7 nitrogen and oxygen atoms in total. The topological polar surface area (TPSA) is 116 Å². The zero-order valence-corrected chi connectivity index (χ0v) is 8.86. The molecule has 8 heteroatoms. The van der Waals surface area contributed by atoms with Crippen LogP contribution in [0.15, 0.2) is 17.1 Å². The largest absolute Gasteiger partial charge is 0.387 e. The molecule has 4 atom stereocenters. The summed E-state index contributed by atoms with van der Waals surface area (Å²) >= 11 is 0. The fraction of sp³-hybridized carbons (Fsp3) is 0.556. The lowest BCUT2D eigenvalue weighted by molar-refractivity contribution is -0.0224. The highest BCUT2D eigenvalue weighted by Gasteiger charge is 2.44. The molecule has 1 aromatic heterocycles. The number of anilines is 1. The van der Waals surface area contributed by atoms with Gasteiger partial charge in [-0.25, -0.2) is 9.18 Å². The Morgan fingerprint density at radius 2 is 2.35 bits per heavy atom. The van der Waals surface area contributed by atoms with Crippen LogP contribution in [-0.2, 0) is 4.74 Å². The van der Waals surface area contributed by atoms with Crippen molar-refractivity contribution in [1.82, 2.24) is 9.55 Å². The minimum absolute atomic E-state index is 0.0325. The van der Waals surface area contributed by atoms with Crippen molar-refractivity contribution in [2.75, 3.05) is 12.3 Å². The number of nitrogens with two attached hydrogens (primary N) is 2. The van der Waals surface area contributed by atoms with Crippen molar-refractivity contribution in [1.29, 1.82) is 0 Å². The number of aromatic nitrogens is 2. The Morgan fingerprint density at radius 1 is 1.65 bits per heavy atom. The van der Waals surface area contributed by atoms with E-state index in [2.05, 4.69) is 4.98 Å². The van der Waals surface area contributed by atoms with Crippen LogP contribution in [0.25, 0.3) is 0 Å². The van der Waals surface area contributed by atoms with Gasteiger partial charge < -0.3 is 21.3 Å². The van der Waals surface area contributed by atoms with Crippen LogP contribution in [0.5, 0.6) is 0 Å². The molecule has 1 aliphatic rings. The van der Waals surface area contributed by atoms with Gasteiger partial charge in [0.2, 0.25) is 0 Å². The summed E-state index contributed by atoms with van der Waals surface area (Å²) in [7, 11) is 0. The zero-order chi connectivity index (χ0) is 12.6. The summed E-state index contributed by atoms with van der Waals surface area (Å²) in [6.07, 6.45) is -3.87. The number of nitrogens with zero attached hydrogens (tertiary/aromatic N) is 2. The molecule has 94 valence electrons. The first-order chi connectivity index (χ1) is 8.04. The second-order valence-electron chi connectivity index (χ2n) is 3.78. The van der Waals surface area contributed by atoms with E-state index in [4.69, 9.17) is 16.2 Å². The van der Waals surface area contributed by atoms with Gasteiger partial charge in [-0.2, -0.15) is 4.98 Å². The number of nitrogen functional groups attached to an aromatic ring is 1. The van der Waals surface area contributed by atoms with Crippen molar-refractivity contribution in [3.8, 4) is 0 Å². The summed E-state index contributed by atoms with van der Waals surface area (Å²) in [4.78, 5) is 14.9. The Kier molecular flexibility index (Phi) is 3.09. The number of alkyl halides is 1. The number of hydrogen-bond acceptors (Lipinski definition) is 6. The van der Waals surface area contributed by atoms with E-state index in [1.54, 1.807) is 0 Å². The van der Waals surface area contributed by atoms with E-state index < -0.39 is 30.3 Å². The van der Waals surface area contributed by atoms with Crippen LogP contribution in [0.4, 0.5) is 10.2 Å². The van der Waals surface area contributed by atoms with E-state index in [0.717, 1.165) is 4.57 Å². The van der Waals surface area contributed by atoms with Crippen LogP contribution in [0.2, 0.25) is 0 Å². The molecule has 0 aliphatic carbocycles. The van der Waals surface area contributed by atoms with E-state index in [1.807, 2.05) is 0 Å². The molecular weight excluding hydrogens is 231 g/mol. The third-order valence-electron chi connectivity index (χ3n) is 2.65. The molecule has 1 aromatic rings. The van der Waals surface area contributed by atoms with E-state index in [1.165, 1.54) is 12.3 Å². The first-order valence-corrected chi connectivity index (χ1v) is 5.07. The third kappa shape index (κ3) is 2.02. The lowest BCUT2D eigenvalue weighted by atomic mass is 10.1. The van der Waals surface area contributed by atoms with Crippen LogP contribution >= 0.6 is 0 Å². The molecule has 0 spiro atoms. The fourth-order valence-electron chi connectivity index (χ4n) is 1.74. The molecule has 2 rings (SSSR count). The molecule has 1 aliphatic heterocycles. The average molecular weight is 244 g/mol. The zero-order valence-electron chi connectivity index (χ0n) is 8.86. The molecule has 0 unspecified atom stereocenters. The van der Waals surface area contributed by atoms with Gasteiger partial charge in [0.05, 0.1) is 0 Å². The van der Waals surface area contributed by atoms with Crippen LogP contribution in [0.1, 0.15) is 6.23 Å². The van der Waals surface area contributed by atoms with Gasteiger partial charge in [-0.1, -0.05) is 0 Å². The Morgan fingerprint density at radius 3 is 2.88 bits per heavy atom. The quantitative estimate of drug-likeness (QED) is 0.575. The van der Waals surface area contributed by atoms with Gasteiger partial charge in [-0.15, -0.1) is 0 Å². The predicted octanol–water partition coefficient (Wildman–Crippen LogP) is -1.62. The van der Waals surface area contributed by atoms with Crippen molar-refractivity contribution in [2.24, 2.45) is 5.73 Å². The monoisotopic (exact) mass is 244 g/mol. The number of aliphatic hydroxyl groups is 1. The summed E-state index contributed by atoms with van der Waals surface area (Å²) in [6.45, 7) is -0.0325. The highest BCUT2D eigenvalue weighted by Crippen LogP contribution is 2.30. The predicted molar refractivity (Wildman–Crippen MR) is 56.8 cm³/mol. The lowest BCUT2D eigenvalue weighted by Gasteiger charge is -2.15. The average Bonchev–Trinajstić information content (AvgIpc) is 2.57. The highest BCUT2D eigenvalue weighted by molar-refractivity contribution is 5.23. The van der Waals surface area contributed by atoms with Gasteiger partial charge in [-0.3, -0.25) is 4.57 Å². The fourth-order valence-corrected chi connectivity index (χ4v) is 1.74. The molecule has 1 fully saturated rings. The molecule has 0 bridgehead atoms. The smallest absolute Gasteiger partial charge is 0.351 e. The van der Waals surface area contributed by atoms with E-state index in [9.17, 15) is 14.3 Å². The van der Waals surface area contributed by atoms with Crippen LogP contribution in [-0.4, -0.2) is 39.6 Å². The molecular formula is C9H13FN4O3. The van der Waals surface area contributed by atoms with E-state index in [-0.39, 0.29) is 12.4 Å². The van der Waals surface area contributed by atoms with E-state index in [0.29, 0.717) is 0 Å². The Labute approximate surface area is 95.8 Å². The number of ether oxygens (including phenoxy) is 1. The Hall–Kier alpha value is -1.51. The summed E-state index contributed by atoms with van der Waals surface area (Å²) in [5.41, 5.74) is 9.89. The maximum Gasteiger partial charge on any atom is 0.351 e. The molecule has 2 heterocycles. The molecule has 1 saturated heterocycles. The summed E-state index contributed by atoms with van der Waals surface area (Å²) in [5.74, 6) is 0.0376. The summed E-state index contributed by atoms with van der Waals surface area (Å²) in [6, 6.07) is 1.35. The maximum atomic E-state index is 13.7. The number of rotatable bonds is 2. The first-order valence-electron chi connectivity index (χ1n) is 5.07. The van der Waals surface area contributed by atoms with Crippen LogP contribution < -0.4 is 17.2 Å². The third-order valence-corrected chi connectivity index (χ3v) is 2.65. The van der Waals surface area contributed by atoms with Crippen molar-refractivity contribution < 1.29 is 14.2 Å². The minimum Gasteiger partial charge on any atom is -0.387 e.